The van der Waals surface area contributed by atoms with Crippen LogP contribution in [0.3, 0.4) is 0 Å². The van der Waals surface area contributed by atoms with Crippen LogP contribution in [0, 0.1) is 11.8 Å². The molecule has 0 radical (unpaired) electrons. The summed E-state index contributed by atoms with van der Waals surface area (Å²) in [7, 11) is 0. The van der Waals surface area contributed by atoms with Crippen molar-refractivity contribution in [2.75, 3.05) is 13.1 Å². The molecule has 0 atom stereocenters. The third-order valence-corrected chi connectivity index (χ3v) is 7.32. The summed E-state index contributed by atoms with van der Waals surface area (Å²) in [6.07, 6.45) is 32.7. The Balaban J connectivity index is 1.64. The highest BCUT2D eigenvalue weighted by atomic mass is 14.9. The van der Waals surface area contributed by atoms with Gasteiger partial charge in [0.25, 0.3) is 0 Å². The Morgan fingerprint density at radius 2 is 0.556 bits per heavy atom. The summed E-state index contributed by atoms with van der Waals surface area (Å²) in [5.74, 6) is 1.91. The molecule has 2 saturated carbocycles. The first-order valence-corrected chi connectivity index (χ1v) is 13.2. The maximum absolute atomic E-state index is 3.95. The molecule has 1 N–H and O–H groups in total. The second-order valence-corrected chi connectivity index (χ2v) is 9.91. The van der Waals surface area contributed by atoms with Gasteiger partial charge in [-0.3, -0.25) is 0 Å². The van der Waals surface area contributed by atoms with Gasteiger partial charge in [-0.1, -0.05) is 116 Å². The zero-order valence-corrected chi connectivity index (χ0v) is 18.6. The molecule has 2 rings (SSSR count). The van der Waals surface area contributed by atoms with Crippen molar-refractivity contribution in [1.29, 1.82) is 0 Å². The van der Waals surface area contributed by atoms with Crippen molar-refractivity contribution in [3.8, 4) is 0 Å². The fraction of sp³-hybridized carbons (Fsp3) is 1.00. The molecule has 0 unspecified atom stereocenters. The van der Waals surface area contributed by atoms with E-state index in [2.05, 4.69) is 5.32 Å². The molecule has 2 aliphatic rings. The summed E-state index contributed by atoms with van der Waals surface area (Å²) in [5, 5.41) is 3.95. The van der Waals surface area contributed by atoms with E-state index >= 15 is 0 Å². The van der Waals surface area contributed by atoms with Crippen LogP contribution in [0.2, 0.25) is 0 Å². The van der Waals surface area contributed by atoms with Crippen LogP contribution in [0.25, 0.3) is 0 Å². The minimum absolute atomic E-state index is 0.954. The van der Waals surface area contributed by atoms with E-state index in [-0.39, 0.29) is 0 Å². The molecule has 0 aromatic heterocycles. The Morgan fingerprint density at radius 1 is 0.333 bits per heavy atom. The average molecular weight is 378 g/mol. The van der Waals surface area contributed by atoms with Gasteiger partial charge < -0.3 is 5.32 Å². The Kier molecular flexibility index (Phi) is 14.5. The first-order chi connectivity index (χ1) is 13.4. The highest BCUT2D eigenvalue weighted by molar-refractivity contribution is 4.69. The van der Waals surface area contributed by atoms with Crippen molar-refractivity contribution in [1.82, 2.24) is 5.32 Å². The van der Waals surface area contributed by atoms with E-state index in [1.807, 2.05) is 0 Å². The van der Waals surface area contributed by atoms with Crippen LogP contribution in [0.1, 0.15) is 141 Å². The third kappa shape index (κ3) is 12.9. The van der Waals surface area contributed by atoms with E-state index in [9.17, 15) is 0 Å². The van der Waals surface area contributed by atoms with E-state index in [4.69, 9.17) is 0 Å². The summed E-state index contributed by atoms with van der Waals surface area (Å²) in [5.41, 5.74) is 0. The first kappa shape index (κ1) is 23.2. The van der Waals surface area contributed by atoms with Gasteiger partial charge in [-0.15, -0.1) is 0 Å². The molecule has 160 valence electrons. The molecule has 0 aliphatic heterocycles. The van der Waals surface area contributed by atoms with Crippen LogP contribution >= 0.6 is 0 Å². The standard InChI is InChI=1S/C26H51N/c1-3-7-11-15-19-25(20-16-12-8-4-1)23-27-24-26-21-17-13-9-5-2-6-10-14-18-22-26/h25-27H,1-24H2. The molecular formula is C26H51N. The van der Waals surface area contributed by atoms with Crippen LogP contribution in [-0.2, 0) is 0 Å². The largest absolute Gasteiger partial charge is 0.316 e. The molecule has 2 fully saturated rings. The molecule has 27 heavy (non-hydrogen) atoms. The van der Waals surface area contributed by atoms with Crippen molar-refractivity contribution in [3.05, 3.63) is 0 Å². The van der Waals surface area contributed by atoms with E-state index < -0.39 is 0 Å². The number of hydrogen-bond donors (Lipinski definition) is 1. The zero-order chi connectivity index (χ0) is 18.8. The van der Waals surface area contributed by atoms with Crippen LogP contribution in [-0.4, -0.2) is 13.1 Å². The number of hydrogen-bond acceptors (Lipinski definition) is 1. The lowest BCUT2D eigenvalue weighted by molar-refractivity contribution is 0.337. The van der Waals surface area contributed by atoms with E-state index in [1.165, 1.54) is 154 Å². The van der Waals surface area contributed by atoms with Crippen LogP contribution < -0.4 is 5.32 Å². The van der Waals surface area contributed by atoms with Crippen molar-refractivity contribution in [2.24, 2.45) is 11.8 Å². The minimum atomic E-state index is 0.954. The Labute approximate surface area is 171 Å². The van der Waals surface area contributed by atoms with Crippen LogP contribution in [0.5, 0.6) is 0 Å². The van der Waals surface area contributed by atoms with Gasteiger partial charge in [-0.25, -0.2) is 0 Å². The van der Waals surface area contributed by atoms with Gasteiger partial charge in [0.15, 0.2) is 0 Å². The van der Waals surface area contributed by atoms with Gasteiger partial charge in [-0.05, 0) is 50.6 Å². The molecule has 0 saturated heterocycles. The van der Waals surface area contributed by atoms with E-state index in [0.717, 1.165) is 11.8 Å². The molecule has 1 nitrogen and oxygen atoms in total. The van der Waals surface area contributed by atoms with Gasteiger partial charge in [0, 0.05) is 0 Å². The zero-order valence-electron chi connectivity index (χ0n) is 18.6. The normalized spacial score (nSPS) is 24.9. The van der Waals surface area contributed by atoms with E-state index in [0.29, 0.717) is 0 Å². The molecule has 0 spiro atoms. The Morgan fingerprint density at radius 3 is 0.815 bits per heavy atom. The molecule has 2 aliphatic carbocycles. The van der Waals surface area contributed by atoms with Crippen molar-refractivity contribution in [3.63, 3.8) is 0 Å². The summed E-state index contributed by atoms with van der Waals surface area (Å²) >= 11 is 0. The van der Waals surface area contributed by atoms with Gasteiger partial charge in [-0.2, -0.15) is 0 Å². The fourth-order valence-corrected chi connectivity index (χ4v) is 5.40. The number of rotatable bonds is 4. The Bertz CT molecular complexity index is 259. The average Bonchev–Trinajstić information content (AvgIpc) is 2.65. The predicted molar refractivity (Wildman–Crippen MR) is 121 cm³/mol. The molecule has 0 amide bonds. The molecule has 0 bridgehead atoms. The second kappa shape index (κ2) is 16.9. The predicted octanol–water partition coefficient (Wildman–Crippen LogP) is 8.42. The smallest absolute Gasteiger partial charge is 0.00204 e. The van der Waals surface area contributed by atoms with Crippen molar-refractivity contribution >= 4 is 0 Å². The summed E-state index contributed by atoms with van der Waals surface area (Å²) in [6, 6.07) is 0. The second-order valence-electron chi connectivity index (χ2n) is 9.91. The topological polar surface area (TPSA) is 12.0 Å². The third-order valence-electron chi connectivity index (χ3n) is 7.32. The maximum atomic E-state index is 3.95. The first-order valence-electron chi connectivity index (χ1n) is 13.2. The number of nitrogens with one attached hydrogen (secondary N) is 1. The highest BCUT2D eigenvalue weighted by Crippen LogP contribution is 2.23. The van der Waals surface area contributed by atoms with Gasteiger partial charge in [0.2, 0.25) is 0 Å². The SMILES string of the molecule is C1CCCCCC(CNCC2CCCCCCCCCCC2)CCCCC1. The monoisotopic (exact) mass is 377 g/mol. The summed E-state index contributed by atoms with van der Waals surface area (Å²) in [4.78, 5) is 0. The van der Waals surface area contributed by atoms with Crippen molar-refractivity contribution in [2.45, 2.75) is 141 Å². The molecule has 0 heterocycles. The van der Waals surface area contributed by atoms with E-state index in [1.54, 1.807) is 0 Å². The van der Waals surface area contributed by atoms with Crippen molar-refractivity contribution < 1.29 is 0 Å². The highest BCUT2D eigenvalue weighted by Gasteiger charge is 2.13. The molecular weight excluding hydrogens is 326 g/mol. The van der Waals surface area contributed by atoms with Gasteiger partial charge in [0.05, 0.1) is 0 Å². The quantitative estimate of drug-likeness (QED) is 0.518. The minimum Gasteiger partial charge on any atom is -0.316 e. The van der Waals surface area contributed by atoms with Gasteiger partial charge >= 0.3 is 0 Å². The Hall–Kier alpha value is -0.0400. The van der Waals surface area contributed by atoms with Crippen LogP contribution in [0.15, 0.2) is 0 Å². The van der Waals surface area contributed by atoms with Crippen LogP contribution in [0.4, 0.5) is 0 Å². The summed E-state index contributed by atoms with van der Waals surface area (Å²) in [6.45, 7) is 2.60. The summed E-state index contributed by atoms with van der Waals surface area (Å²) < 4.78 is 0. The molecule has 0 aromatic carbocycles. The molecule has 0 aromatic rings. The lowest BCUT2D eigenvalue weighted by Gasteiger charge is -2.22. The lowest BCUT2D eigenvalue weighted by Crippen LogP contribution is -2.28. The molecule has 1 heteroatoms. The lowest BCUT2D eigenvalue weighted by atomic mass is 9.91. The maximum Gasteiger partial charge on any atom is -0.00204 e. The fourth-order valence-electron chi connectivity index (χ4n) is 5.40. The van der Waals surface area contributed by atoms with Gasteiger partial charge in [0.1, 0.15) is 0 Å².